The van der Waals surface area contributed by atoms with Crippen LogP contribution in [0.4, 0.5) is 10.5 Å². The molecule has 0 amide bonds. The summed E-state index contributed by atoms with van der Waals surface area (Å²) in [7, 11) is 0. The maximum Gasteiger partial charge on any atom is 0.511 e. The molecule has 2 fully saturated rings. The average Bonchev–Trinajstić information content (AvgIpc) is 3.54. The Morgan fingerprint density at radius 1 is 1.14 bits per heavy atom. The highest BCUT2D eigenvalue weighted by molar-refractivity contribution is 7.17. The Kier molecular flexibility index (Phi) is 6.75. The molecule has 2 aromatic heterocycles. The van der Waals surface area contributed by atoms with E-state index in [0.29, 0.717) is 39.6 Å². The second-order valence-corrected chi connectivity index (χ2v) is 11.1. The van der Waals surface area contributed by atoms with E-state index in [1.807, 2.05) is 30.3 Å². The second kappa shape index (κ2) is 10.2. The molecule has 2 aromatic carbocycles. The molecule has 0 spiro atoms. The quantitative estimate of drug-likeness (QED) is 0.230. The lowest BCUT2D eigenvalue weighted by molar-refractivity contribution is 0.0246. The fourth-order valence-corrected chi connectivity index (χ4v) is 6.36. The van der Waals surface area contributed by atoms with Crippen molar-refractivity contribution in [2.75, 3.05) is 18.0 Å². The van der Waals surface area contributed by atoms with Crippen LogP contribution in [0.25, 0.3) is 21.3 Å². The Morgan fingerprint density at radius 3 is 2.59 bits per heavy atom. The Labute approximate surface area is 227 Å². The number of thiophene rings is 1. The van der Waals surface area contributed by atoms with E-state index in [1.54, 1.807) is 5.38 Å². The lowest BCUT2D eigenvalue weighted by atomic mass is 10.0. The Bertz CT molecular complexity index is 1440. The number of fused-ring (bicyclic) bond motifs is 1. The molecule has 10 heteroatoms. The van der Waals surface area contributed by atoms with Gasteiger partial charge in [0.15, 0.2) is 5.75 Å². The van der Waals surface area contributed by atoms with Crippen LogP contribution in [-0.4, -0.2) is 35.6 Å². The summed E-state index contributed by atoms with van der Waals surface area (Å²) < 4.78 is 18.0. The monoisotopic (exact) mass is 558 g/mol. The van der Waals surface area contributed by atoms with Crippen LogP contribution >= 0.6 is 34.5 Å². The Balaban J connectivity index is 1.13. The van der Waals surface area contributed by atoms with Gasteiger partial charge in [-0.2, -0.15) is 0 Å². The van der Waals surface area contributed by atoms with E-state index in [9.17, 15) is 4.79 Å². The number of nitrogens with zero attached hydrogens (tertiary/aromatic N) is 2. The first kappa shape index (κ1) is 24.6. The Morgan fingerprint density at radius 2 is 1.89 bits per heavy atom. The third-order valence-corrected chi connectivity index (χ3v) is 8.51. The van der Waals surface area contributed by atoms with Crippen LogP contribution in [0.3, 0.4) is 0 Å². The van der Waals surface area contributed by atoms with Crippen molar-refractivity contribution in [1.82, 2.24) is 5.16 Å². The van der Waals surface area contributed by atoms with Gasteiger partial charge in [-0.3, -0.25) is 0 Å². The van der Waals surface area contributed by atoms with Gasteiger partial charge in [0.05, 0.1) is 22.8 Å². The number of aromatic nitrogens is 1. The average molecular weight is 559 g/mol. The summed E-state index contributed by atoms with van der Waals surface area (Å²) in [5, 5.41) is 16.9. The summed E-state index contributed by atoms with van der Waals surface area (Å²) in [6.07, 6.45) is 2.78. The first-order valence-corrected chi connectivity index (χ1v) is 13.8. The number of benzene rings is 2. The number of carboxylic acid groups (broad SMARTS) is 1. The molecule has 192 valence electrons. The smallest absolute Gasteiger partial charge is 0.449 e. The summed E-state index contributed by atoms with van der Waals surface area (Å²) >= 11 is 14.4. The topological polar surface area (TPSA) is 85.0 Å². The van der Waals surface area contributed by atoms with Gasteiger partial charge in [-0.15, -0.1) is 11.3 Å². The van der Waals surface area contributed by atoms with Gasteiger partial charge in [-0.05, 0) is 56.0 Å². The number of halogens is 2. The molecule has 0 radical (unpaired) electrons. The normalized spacial score (nSPS) is 16.4. The first-order valence-electron chi connectivity index (χ1n) is 12.2. The number of ether oxygens (including phenoxy) is 2. The lowest BCUT2D eigenvalue weighted by Gasteiger charge is -2.33. The molecule has 1 N–H and O–H groups in total. The summed E-state index contributed by atoms with van der Waals surface area (Å²) in [5.74, 6) is 1.65. The van der Waals surface area contributed by atoms with Crippen molar-refractivity contribution in [3.63, 3.8) is 0 Å². The van der Waals surface area contributed by atoms with Crippen LogP contribution in [0, 0.1) is 0 Å². The van der Waals surface area contributed by atoms with Crippen LogP contribution < -0.4 is 9.64 Å². The fraction of sp³-hybridized carbons (Fsp3) is 0.333. The molecule has 0 bridgehead atoms. The van der Waals surface area contributed by atoms with Crippen molar-refractivity contribution in [2.45, 2.75) is 44.3 Å². The van der Waals surface area contributed by atoms with Gasteiger partial charge < -0.3 is 24.0 Å². The second-order valence-electron chi connectivity index (χ2n) is 9.39. The molecule has 7 nitrogen and oxygen atoms in total. The minimum atomic E-state index is -1.30. The lowest BCUT2D eigenvalue weighted by Crippen LogP contribution is -2.37. The molecule has 6 rings (SSSR count). The van der Waals surface area contributed by atoms with Crippen molar-refractivity contribution >= 4 is 56.5 Å². The SMILES string of the molecule is O=C(O)Oc1csc2cc(N3CCC(OCc4c(-c5c(Cl)cccc5Cl)noc4C4CC4)CC3)ccc12. The zero-order chi connectivity index (χ0) is 25.5. The summed E-state index contributed by atoms with van der Waals surface area (Å²) in [4.78, 5) is 13.2. The number of anilines is 1. The van der Waals surface area contributed by atoms with Crippen molar-refractivity contribution in [3.05, 3.63) is 63.1 Å². The van der Waals surface area contributed by atoms with E-state index in [0.717, 1.165) is 65.9 Å². The molecule has 1 saturated heterocycles. The van der Waals surface area contributed by atoms with Crippen LogP contribution in [0.15, 0.2) is 46.3 Å². The molecule has 1 aliphatic heterocycles. The number of rotatable bonds is 7. The molecule has 4 aromatic rings. The van der Waals surface area contributed by atoms with Gasteiger partial charge in [-0.1, -0.05) is 34.4 Å². The van der Waals surface area contributed by atoms with E-state index >= 15 is 0 Å². The van der Waals surface area contributed by atoms with E-state index < -0.39 is 6.16 Å². The van der Waals surface area contributed by atoms with Gasteiger partial charge >= 0.3 is 6.16 Å². The number of hydrogen-bond acceptors (Lipinski definition) is 7. The third kappa shape index (κ3) is 5.03. The highest BCUT2D eigenvalue weighted by Gasteiger charge is 2.34. The Hall–Kier alpha value is -2.78. The van der Waals surface area contributed by atoms with Crippen molar-refractivity contribution < 1.29 is 23.9 Å². The third-order valence-electron chi connectivity index (χ3n) is 6.96. The van der Waals surface area contributed by atoms with E-state index in [-0.39, 0.29) is 6.10 Å². The highest BCUT2D eigenvalue weighted by Crippen LogP contribution is 2.46. The van der Waals surface area contributed by atoms with Gasteiger partial charge in [-0.25, -0.2) is 4.79 Å². The molecule has 3 heterocycles. The molecular weight excluding hydrogens is 535 g/mol. The summed E-state index contributed by atoms with van der Waals surface area (Å²) in [5.41, 5.74) is 3.42. The molecular formula is C27H24Cl2N2O5S. The molecule has 37 heavy (non-hydrogen) atoms. The maximum atomic E-state index is 10.9. The van der Waals surface area contributed by atoms with Gasteiger partial charge in [0, 0.05) is 51.3 Å². The van der Waals surface area contributed by atoms with Crippen LogP contribution in [0.5, 0.6) is 5.75 Å². The molecule has 2 aliphatic rings. The maximum absolute atomic E-state index is 10.9. The first-order chi connectivity index (χ1) is 18.0. The minimum Gasteiger partial charge on any atom is -0.449 e. The molecule has 1 aliphatic carbocycles. The zero-order valence-electron chi connectivity index (χ0n) is 19.8. The van der Waals surface area contributed by atoms with Crippen molar-refractivity contribution in [3.8, 4) is 17.0 Å². The van der Waals surface area contributed by atoms with Crippen LogP contribution in [-0.2, 0) is 11.3 Å². The van der Waals surface area contributed by atoms with Gasteiger partial charge in [0.25, 0.3) is 0 Å². The molecule has 1 saturated carbocycles. The van der Waals surface area contributed by atoms with Crippen LogP contribution in [0.2, 0.25) is 10.0 Å². The number of carbonyl (C=O) groups is 1. The highest BCUT2D eigenvalue weighted by atomic mass is 35.5. The minimum absolute atomic E-state index is 0.119. The van der Waals surface area contributed by atoms with E-state index in [4.69, 9.17) is 42.3 Å². The van der Waals surface area contributed by atoms with Crippen molar-refractivity contribution in [1.29, 1.82) is 0 Å². The summed E-state index contributed by atoms with van der Waals surface area (Å²) in [6, 6.07) is 11.5. The van der Waals surface area contributed by atoms with Crippen molar-refractivity contribution in [2.24, 2.45) is 0 Å². The van der Waals surface area contributed by atoms with Gasteiger partial charge in [0.1, 0.15) is 11.5 Å². The zero-order valence-corrected chi connectivity index (χ0v) is 22.1. The largest absolute Gasteiger partial charge is 0.511 e. The summed E-state index contributed by atoms with van der Waals surface area (Å²) in [6.45, 7) is 2.13. The number of piperidine rings is 1. The predicted octanol–water partition coefficient (Wildman–Crippen LogP) is 7.98. The molecule has 0 unspecified atom stereocenters. The van der Waals surface area contributed by atoms with Gasteiger partial charge in [0.2, 0.25) is 0 Å². The number of hydrogen-bond donors (Lipinski definition) is 1. The van der Waals surface area contributed by atoms with E-state index in [2.05, 4.69) is 16.1 Å². The van der Waals surface area contributed by atoms with Crippen LogP contribution in [0.1, 0.15) is 42.9 Å². The fourth-order valence-electron chi connectivity index (χ4n) is 4.89. The molecule has 0 atom stereocenters. The van der Waals surface area contributed by atoms with E-state index in [1.165, 1.54) is 11.3 Å². The predicted molar refractivity (Wildman–Crippen MR) is 144 cm³/mol. The standard InChI is InChI=1S/C27H24Cl2N2O5S/c28-20-2-1-3-21(29)24(20)25-19(26(36-30-25)15-4-5-15)13-34-17-8-10-31(11-9-17)16-6-7-18-22(35-27(32)33)14-37-23(18)12-16/h1-3,6-7,12,14-15,17H,4-5,8-11,13H2,(H,32,33).